The van der Waals surface area contributed by atoms with E-state index in [1.807, 2.05) is 0 Å². The third-order valence-electron chi connectivity index (χ3n) is 1.67. The number of carboxylic acid groups (broad SMARTS) is 1. The van der Waals surface area contributed by atoms with Gasteiger partial charge in [-0.05, 0) is 12.8 Å². The summed E-state index contributed by atoms with van der Waals surface area (Å²) in [5.41, 5.74) is 10.2. The number of rotatable bonds is 6. The van der Waals surface area contributed by atoms with E-state index in [2.05, 4.69) is 4.99 Å². The Morgan fingerprint density at radius 2 is 2.14 bits per heavy atom. The Balaban J connectivity index is 3.84. The van der Waals surface area contributed by atoms with Crippen LogP contribution in [0.3, 0.4) is 0 Å². The van der Waals surface area contributed by atoms with Gasteiger partial charge in [0.05, 0.1) is 0 Å². The number of nitrogens with two attached hydrogens (primary N) is 2. The molecule has 0 aliphatic carbocycles. The SMILES string of the molecule is CN(O)[C@H](CCCN=C(N)N)C(=O)O. The molecule has 0 radical (unpaired) electrons. The van der Waals surface area contributed by atoms with E-state index >= 15 is 0 Å². The van der Waals surface area contributed by atoms with Gasteiger partial charge in [-0.25, -0.2) is 0 Å². The molecule has 7 heteroatoms. The lowest BCUT2D eigenvalue weighted by Gasteiger charge is -2.17. The second-order valence-electron chi connectivity index (χ2n) is 2.88. The van der Waals surface area contributed by atoms with Gasteiger partial charge in [0.25, 0.3) is 0 Å². The van der Waals surface area contributed by atoms with Gasteiger partial charge in [0.2, 0.25) is 0 Å². The van der Waals surface area contributed by atoms with E-state index in [0.29, 0.717) is 24.4 Å². The molecule has 14 heavy (non-hydrogen) atoms. The molecular formula is C7H16N4O3. The van der Waals surface area contributed by atoms with Crippen LogP contribution in [0.4, 0.5) is 0 Å². The summed E-state index contributed by atoms with van der Waals surface area (Å²) in [6.45, 7) is 0.361. The molecule has 0 amide bonds. The van der Waals surface area contributed by atoms with Gasteiger partial charge in [0.1, 0.15) is 6.04 Å². The molecule has 0 aliphatic rings. The zero-order valence-corrected chi connectivity index (χ0v) is 8.05. The second-order valence-corrected chi connectivity index (χ2v) is 2.88. The number of aliphatic carboxylic acids is 1. The number of aliphatic imine (C=N–C) groups is 1. The van der Waals surface area contributed by atoms with Crippen LogP contribution in [0.2, 0.25) is 0 Å². The average molecular weight is 204 g/mol. The molecule has 0 aliphatic heterocycles. The minimum Gasteiger partial charge on any atom is -0.480 e. The first-order chi connectivity index (χ1) is 6.45. The van der Waals surface area contributed by atoms with E-state index in [0.717, 1.165) is 0 Å². The predicted molar refractivity (Wildman–Crippen MR) is 50.9 cm³/mol. The van der Waals surface area contributed by atoms with Crippen LogP contribution in [0.5, 0.6) is 0 Å². The summed E-state index contributed by atoms with van der Waals surface area (Å²) in [7, 11) is 1.29. The van der Waals surface area contributed by atoms with Gasteiger partial charge < -0.3 is 21.8 Å². The van der Waals surface area contributed by atoms with Gasteiger partial charge in [-0.2, -0.15) is 5.06 Å². The van der Waals surface area contributed by atoms with E-state index in [1.165, 1.54) is 7.05 Å². The smallest absolute Gasteiger partial charge is 0.323 e. The fourth-order valence-electron chi connectivity index (χ4n) is 0.963. The van der Waals surface area contributed by atoms with Gasteiger partial charge >= 0.3 is 5.97 Å². The number of guanidine groups is 1. The maximum Gasteiger partial charge on any atom is 0.323 e. The number of hydroxylamine groups is 2. The summed E-state index contributed by atoms with van der Waals surface area (Å²) < 4.78 is 0. The molecule has 0 spiro atoms. The molecule has 0 saturated heterocycles. The maximum absolute atomic E-state index is 10.6. The Morgan fingerprint density at radius 1 is 1.57 bits per heavy atom. The highest BCUT2D eigenvalue weighted by atomic mass is 16.5. The largest absolute Gasteiger partial charge is 0.480 e. The summed E-state index contributed by atoms with van der Waals surface area (Å²) in [5.74, 6) is -1.09. The number of hydrogen-bond donors (Lipinski definition) is 4. The van der Waals surface area contributed by atoms with Crippen LogP contribution in [0.25, 0.3) is 0 Å². The Hall–Kier alpha value is -1.34. The molecule has 1 atom stereocenters. The molecule has 82 valence electrons. The predicted octanol–water partition coefficient (Wildman–Crippen LogP) is -1.19. The highest BCUT2D eigenvalue weighted by Crippen LogP contribution is 2.03. The quantitative estimate of drug-likeness (QED) is 0.187. The molecule has 0 saturated carbocycles. The van der Waals surface area contributed by atoms with Crippen LogP contribution in [0.15, 0.2) is 4.99 Å². The molecule has 0 aromatic heterocycles. The zero-order valence-electron chi connectivity index (χ0n) is 8.05. The molecule has 0 heterocycles. The van der Waals surface area contributed by atoms with Crippen LogP contribution >= 0.6 is 0 Å². The van der Waals surface area contributed by atoms with Crippen molar-refractivity contribution in [3.05, 3.63) is 0 Å². The Bertz CT molecular complexity index is 213. The van der Waals surface area contributed by atoms with Gasteiger partial charge in [-0.15, -0.1) is 0 Å². The van der Waals surface area contributed by atoms with Crippen LogP contribution in [0, 0.1) is 0 Å². The number of hydrogen-bond acceptors (Lipinski definition) is 4. The average Bonchev–Trinajstić information content (AvgIpc) is 2.01. The molecule has 0 aromatic carbocycles. The molecular weight excluding hydrogens is 188 g/mol. The lowest BCUT2D eigenvalue weighted by atomic mass is 10.1. The number of nitrogens with zero attached hydrogens (tertiary/aromatic N) is 2. The third-order valence-corrected chi connectivity index (χ3v) is 1.67. The van der Waals surface area contributed by atoms with Crippen molar-refractivity contribution in [3.8, 4) is 0 Å². The molecule has 7 nitrogen and oxygen atoms in total. The molecule has 0 rings (SSSR count). The lowest BCUT2D eigenvalue weighted by Crippen LogP contribution is -2.36. The van der Waals surface area contributed by atoms with Crippen LogP contribution in [-0.2, 0) is 4.79 Å². The summed E-state index contributed by atoms with van der Waals surface area (Å²) >= 11 is 0. The van der Waals surface area contributed by atoms with E-state index in [-0.39, 0.29) is 5.96 Å². The van der Waals surface area contributed by atoms with Gasteiger partial charge in [-0.1, -0.05) is 0 Å². The maximum atomic E-state index is 10.6. The second kappa shape index (κ2) is 6.17. The Kier molecular flexibility index (Phi) is 5.58. The molecule has 0 fully saturated rings. The van der Waals surface area contributed by atoms with Crippen molar-refractivity contribution in [2.45, 2.75) is 18.9 Å². The van der Waals surface area contributed by atoms with Crippen molar-refractivity contribution in [2.24, 2.45) is 16.5 Å². The van der Waals surface area contributed by atoms with E-state index in [4.69, 9.17) is 21.8 Å². The monoisotopic (exact) mass is 204 g/mol. The molecule has 0 aromatic rings. The van der Waals surface area contributed by atoms with E-state index in [1.54, 1.807) is 0 Å². The Morgan fingerprint density at radius 3 is 2.50 bits per heavy atom. The van der Waals surface area contributed by atoms with Gasteiger partial charge in [0.15, 0.2) is 5.96 Å². The van der Waals surface area contributed by atoms with Crippen LogP contribution in [0.1, 0.15) is 12.8 Å². The van der Waals surface area contributed by atoms with Crippen molar-refractivity contribution < 1.29 is 15.1 Å². The molecule has 0 bridgehead atoms. The van der Waals surface area contributed by atoms with Crippen LogP contribution in [-0.4, -0.2) is 46.9 Å². The number of carboxylic acids is 1. The van der Waals surface area contributed by atoms with Crippen molar-refractivity contribution in [2.75, 3.05) is 13.6 Å². The third kappa shape index (κ3) is 5.33. The summed E-state index contributed by atoms with van der Waals surface area (Å²) in [6.07, 6.45) is 0.791. The van der Waals surface area contributed by atoms with Gasteiger partial charge in [-0.3, -0.25) is 9.79 Å². The minimum atomic E-state index is -1.07. The summed E-state index contributed by atoms with van der Waals surface area (Å²) in [6, 6.07) is -0.913. The van der Waals surface area contributed by atoms with Crippen molar-refractivity contribution in [1.82, 2.24) is 5.06 Å². The number of carbonyl (C=O) groups is 1. The first-order valence-corrected chi connectivity index (χ1v) is 4.15. The topological polar surface area (TPSA) is 125 Å². The van der Waals surface area contributed by atoms with Crippen molar-refractivity contribution >= 4 is 11.9 Å². The molecule has 0 unspecified atom stereocenters. The first-order valence-electron chi connectivity index (χ1n) is 4.15. The normalized spacial score (nSPS) is 12.5. The minimum absolute atomic E-state index is 0.0192. The first kappa shape index (κ1) is 12.7. The summed E-state index contributed by atoms with van der Waals surface area (Å²) in [5, 5.41) is 18.3. The number of likely N-dealkylation sites (N-methyl/N-ethyl adjacent to an activating group) is 1. The van der Waals surface area contributed by atoms with Gasteiger partial charge in [0, 0.05) is 13.6 Å². The highest BCUT2D eigenvalue weighted by molar-refractivity contribution is 5.75. The Labute approximate surface area is 82.0 Å². The fourth-order valence-corrected chi connectivity index (χ4v) is 0.963. The van der Waals surface area contributed by atoms with Crippen molar-refractivity contribution in [3.63, 3.8) is 0 Å². The lowest BCUT2D eigenvalue weighted by molar-refractivity contribution is -0.163. The summed E-state index contributed by atoms with van der Waals surface area (Å²) in [4.78, 5) is 14.3. The highest BCUT2D eigenvalue weighted by Gasteiger charge is 2.20. The fraction of sp³-hybridized carbons (Fsp3) is 0.714. The van der Waals surface area contributed by atoms with Crippen LogP contribution < -0.4 is 11.5 Å². The standard InChI is InChI=1S/C7H16N4O3/c1-11(14)5(6(12)13)3-2-4-10-7(8)9/h5,14H,2-4H2,1H3,(H,12,13)(H4,8,9,10)/t5-/m1/s1. The van der Waals surface area contributed by atoms with E-state index < -0.39 is 12.0 Å². The van der Waals surface area contributed by atoms with Crippen molar-refractivity contribution in [1.29, 1.82) is 0 Å². The van der Waals surface area contributed by atoms with E-state index in [9.17, 15) is 4.79 Å². The zero-order chi connectivity index (χ0) is 11.1. The molecule has 6 N–H and O–H groups in total.